The number of aryl methyl sites for hydroxylation is 1. The van der Waals surface area contributed by atoms with Gasteiger partial charge in [-0.2, -0.15) is 0 Å². The van der Waals surface area contributed by atoms with Gasteiger partial charge in [0, 0.05) is 38.3 Å². The Bertz CT molecular complexity index is 871. The summed E-state index contributed by atoms with van der Waals surface area (Å²) in [4.78, 5) is 33.9. The Morgan fingerprint density at radius 1 is 1.22 bits per heavy atom. The van der Waals surface area contributed by atoms with E-state index in [0.29, 0.717) is 0 Å². The quantitative estimate of drug-likeness (QED) is 0.819. The van der Waals surface area contributed by atoms with E-state index in [-0.39, 0.29) is 17.9 Å². The molecule has 0 spiro atoms. The second-order valence-electron chi connectivity index (χ2n) is 7.22. The van der Waals surface area contributed by atoms with Gasteiger partial charge in [0.15, 0.2) is 10.9 Å². The number of para-hydroxylation sites is 1. The first-order valence-corrected chi connectivity index (χ1v) is 10.2. The van der Waals surface area contributed by atoms with Crippen LogP contribution in [0.4, 0.5) is 15.6 Å². The average Bonchev–Trinajstić information content (AvgIpc) is 2.97. The van der Waals surface area contributed by atoms with Crippen molar-refractivity contribution in [2.75, 3.05) is 29.9 Å². The minimum Gasteiger partial charge on any atom is -0.348 e. The molecule has 142 valence electrons. The lowest BCUT2D eigenvalue weighted by Gasteiger charge is -2.37. The van der Waals surface area contributed by atoms with E-state index in [2.05, 4.69) is 21.3 Å². The molecule has 1 saturated heterocycles. The number of hydrogen-bond donors (Lipinski definition) is 1. The van der Waals surface area contributed by atoms with Crippen LogP contribution < -0.4 is 10.2 Å². The highest BCUT2D eigenvalue weighted by molar-refractivity contribution is 7.17. The second-order valence-corrected chi connectivity index (χ2v) is 8.19. The number of amides is 2. The van der Waals surface area contributed by atoms with Crippen LogP contribution in [0.3, 0.4) is 0 Å². The van der Waals surface area contributed by atoms with Gasteiger partial charge in [-0.15, -0.1) is 0 Å². The molecule has 2 aliphatic rings. The molecule has 0 atom stereocenters. The number of Topliss-reactive ketones (excluding diaryl/α,β-unsaturated/α-hetero) is 1. The van der Waals surface area contributed by atoms with E-state index in [1.807, 2.05) is 30.0 Å². The van der Waals surface area contributed by atoms with Gasteiger partial charge < -0.3 is 15.1 Å². The van der Waals surface area contributed by atoms with Crippen molar-refractivity contribution in [2.45, 2.75) is 39.2 Å². The average molecular weight is 385 g/mol. The molecule has 27 heavy (non-hydrogen) atoms. The van der Waals surface area contributed by atoms with E-state index < -0.39 is 0 Å². The van der Waals surface area contributed by atoms with Crippen molar-refractivity contribution >= 4 is 34.0 Å². The van der Waals surface area contributed by atoms with Crippen LogP contribution in [0.25, 0.3) is 0 Å². The predicted octanol–water partition coefficient (Wildman–Crippen LogP) is 3.71. The normalized spacial score (nSPS) is 18.1. The molecule has 0 radical (unpaired) electrons. The fraction of sp³-hybridized carbons (Fsp3) is 0.450. The number of carbonyl (C=O) groups excluding carboxylic acids is 2. The van der Waals surface area contributed by atoms with Crippen LogP contribution in [0.1, 0.15) is 40.7 Å². The molecule has 1 aromatic carbocycles. The summed E-state index contributed by atoms with van der Waals surface area (Å²) in [6.07, 6.45) is 2.71. The topological polar surface area (TPSA) is 65.5 Å². The molecule has 1 N–H and O–H groups in total. The molecular formula is C20H24N4O2S. The number of fused-ring (bicyclic) bond motifs is 1. The lowest BCUT2D eigenvalue weighted by molar-refractivity contribution is 0.102. The van der Waals surface area contributed by atoms with E-state index in [1.165, 1.54) is 16.9 Å². The Morgan fingerprint density at radius 3 is 2.67 bits per heavy atom. The first-order chi connectivity index (χ1) is 13.0. The van der Waals surface area contributed by atoms with Crippen molar-refractivity contribution in [3.63, 3.8) is 0 Å². The number of rotatable bonds is 3. The first-order valence-electron chi connectivity index (χ1n) is 9.42. The van der Waals surface area contributed by atoms with E-state index in [9.17, 15) is 9.59 Å². The fourth-order valence-corrected chi connectivity index (χ4v) is 4.96. The minimum absolute atomic E-state index is 0.00218. The van der Waals surface area contributed by atoms with E-state index >= 15 is 0 Å². The molecule has 2 aliphatic heterocycles. The third-order valence-corrected chi connectivity index (χ3v) is 6.74. The summed E-state index contributed by atoms with van der Waals surface area (Å²) in [7, 11) is 0. The summed E-state index contributed by atoms with van der Waals surface area (Å²) in [5.74, 6) is 0.0759. The third kappa shape index (κ3) is 3.56. The Kier molecular flexibility index (Phi) is 4.86. The molecule has 4 rings (SSSR count). The molecule has 7 heteroatoms. The maximum atomic E-state index is 12.7. The van der Waals surface area contributed by atoms with Crippen molar-refractivity contribution in [3.05, 3.63) is 40.4 Å². The van der Waals surface area contributed by atoms with Crippen molar-refractivity contribution in [1.82, 2.24) is 9.88 Å². The minimum atomic E-state index is 0.00218. The number of thiazole rings is 1. The van der Waals surface area contributed by atoms with E-state index in [4.69, 9.17) is 0 Å². The van der Waals surface area contributed by atoms with Gasteiger partial charge in [-0.1, -0.05) is 29.5 Å². The Balaban J connectivity index is 1.41. The fourth-order valence-electron chi connectivity index (χ4n) is 3.95. The monoisotopic (exact) mass is 384 g/mol. The van der Waals surface area contributed by atoms with Gasteiger partial charge in [-0.25, -0.2) is 9.78 Å². The summed E-state index contributed by atoms with van der Waals surface area (Å²) >= 11 is 1.48. The summed E-state index contributed by atoms with van der Waals surface area (Å²) in [5.41, 5.74) is 2.94. The molecule has 0 unspecified atom stereocenters. The van der Waals surface area contributed by atoms with Crippen LogP contribution >= 0.6 is 11.3 Å². The van der Waals surface area contributed by atoms with Gasteiger partial charge in [0.05, 0.1) is 10.6 Å². The molecule has 0 bridgehead atoms. The molecule has 1 fully saturated rings. The number of urea groups is 1. The molecule has 3 heterocycles. The number of nitrogens with zero attached hydrogens (tertiary/aromatic N) is 3. The van der Waals surface area contributed by atoms with Gasteiger partial charge in [-0.05, 0) is 37.8 Å². The van der Waals surface area contributed by atoms with Gasteiger partial charge in [-0.3, -0.25) is 4.79 Å². The number of benzene rings is 1. The summed E-state index contributed by atoms with van der Waals surface area (Å²) < 4.78 is 0. The third-order valence-electron chi connectivity index (χ3n) is 5.42. The maximum Gasteiger partial charge on any atom is 0.322 e. The predicted molar refractivity (Wildman–Crippen MR) is 108 cm³/mol. The second kappa shape index (κ2) is 7.31. The van der Waals surface area contributed by atoms with Crippen LogP contribution in [-0.2, 0) is 6.42 Å². The number of hydrogen-bond acceptors (Lipinski definition) is 5. The van der Waals surface area contributed by atoms with Gasteiger partial charge in [0.2, 0.25) is 0 Å². The zero-order valence-corrected chi connectivity index (χ0v) is 16.5. The highest BCUT2D eigenvalue weighted by Gasteiger charge is 2.31. The van der Waals surface area contributed by atoms with Crippen LogP contribution in [-0.4, -0.2) is 47.4 Å². The highest BCUT2D eigenvalue weighted by Crippen LogP contribution is 2.30. The van der Waals surface area contributed by atoms with Crippen LogP contribution in [0.2, 0.25) is 0 Å². The lowest BCUT2D eigenvalue weighted by atomic mass is 10.0. The smallest absolute Gasteiger partial charge is 0.322 e. The number of nitrogens with one attached hydrogen (secondary N) is 1. The van der Waals surface area contributed by atoms with Gasteiger partial charge in [0.1, 0.15) is 0 Å². The summed E-state index contributed by atoms with van der Waals surface area (Å²) in [6.45, 7) is 5.94. The van der Waals surface area contributed by atoms with Crippen LogP contribution in [0, 0.1) is 6.92 Å². The highest BCUT2D eigenvalue weighted by atomic mass is 32.1. The molecule has 2 amide bonds. The molecule has 0 aliphatic carbocycles. The number of piperidine rings is 1. The van der Waals surface area contributed by atoms with Crippen molar-refractivity contribution in [1.29, 1.82) is 0 Å². The van der Waals surface area contributed by atoms with Crippen molar-refractivity contribution < 1.29 is 9.59 Å². The first kappa shape index (κ1) is 18.0. The standard InChI is InChI=1S/C20H24N4O2S/c1-13-18(14(2)25)27-20(21-13)23-10-8-16(9-11-23)24-12-7-15-5-3-4-6-17(15)22-19(24)26/h3-6,16H,7-12H2,1-2H3,(H,22,26). The van der Waals surface area contributed by atoms with Gasteiger partial charge >= 0.3 is 6.03 Å². The lowest BCUT2D eigenvalue weighted by Crippen LogP contribution is -2.48. The van der Waals surface area contributed by atoms with Crippen molar-refractivity contribution in [2.24, 2.45) is 0 Å². The van der Waals surface area contributed by atoms with E-state index in [0.717, 1.165) is 60.3 Å². The SMILES string of the molecule is CC(=O)c1sc(N2CCC(N3CCc4ccccc4NC3=O)CC2)nc1C. The summed E-state index contributed by atoms with van der Waals surface area (Å²) in [5, 5.41) is 3.98. The molecule has 1 aromatic heterocycles. The summed E-state index contributed by atoms with van der Waals surface area (Å²) in [6, 6.07) is 8.27. The van der Waals surface area contributed by atoms with Crippen LogP contribution in [0.5, 0.6) is 0 Å². The van der Waals surface area contributed by atoms with Gasteiger partial charge in [0.25, 0.3) is 0 Å². The number of carbonyl (C=O) groups is 2. The molecule has 6 nitrogen and oxygen atoms in total. The van der Waals surface area contributed by atoms with Crippen molar-refractivity contribution in [3.8, 4) is 0 Å². The number of ketones is 1. The molecule has 2 aromatic rings. The zero-order valence-electron chi connectivity index (χ0n) is 15.7. The molecular weight excluding hydrogens is 360 g/mol. The largest absolute Gasteiger partial charge is 0.348 e. The van der Waals surface area contributed by atoms with Crippen LogP contribution in [0.15, 0.2) is 24.3 Å². The molecule has 0 saturated carbocycles. The van der Waals surface area contributed by atoms with E-state index in [1.54, 1.807) is 6.92 Å². The number of aromatic nitrogens is 1. The maximum absolute atomic E-state index is 12.7. The Morgan fingerprint density at radius 2 is 1.96 bits per heavy atom. The Hall–Kier alpha value is -2.41. The zero-order chi connectivity index (χ0) is 19.0. The Labute approximate surface area is 163 Å². The number of anilines is 2.